The number of primary amides is 1. The lowest BCUT2D eigenvalue weighted by molar-refractivity contribution is -0.143. The van der Waals surface area contributed by atoms with Gasteiger partial charge in [0, 0.05) is 25.7 Å². The number of ether oxygens (including phenoxy) is 1. The molecule has 2 amide bonds. The van der Waals surface area contributed by atoms with Crippen LogP contribution in [0.3, 0.4) is 0 Å². The molecule has 2 rings (SSSR count). The van der Waals surface area contributed by atoms with Crippen LogP contribution in [0.25, 0.3) is 0 Å². The highest BCUT2D eigenvalue weighted by Crippen LogP contribution is 2.34. The molecule has 2 fully saturated rings. The Morgan fingerprint density at radius 1 is 0.955 bits per heavy atom. The number of esters is 1. The van der Waals surface area contributed by atoms with E-state index in [1.54, 1.807) is 4.90 Å². The summed E-state index contributed by atoms with van der Waals surface area (Å²) in [6, 6.07) is -0.0598. The number of rotatable bonds is 0. The van der Waals surface area contributed by atoms with Crippen molar-refractivity contribution >= 4 is 17.8 Å². The fourth-order valence-corrected chi connectivity index (χ4v) is 3.27. The number of amides is 2. The smallest absolute Gasteiger partial charge is 0.315 e. The number of fused-ring (bicyclic) bond motifs is 1. The van der Waals surface area contributed by atoms with Gasteiger partial charge in [0.1, 0.15) is 5.78 Å². The van der Waals surface area contributed by atoms with Crippen LogP contribution >= 0.6 is 0 Å². The highest BCUT2D eigenvalue weighted by Gasteiger charge is 2.48. The summed E-state index contributed by atoms with van der Waals surface area (Å²) in [5.41, 5.74) is 5.37. The Morgan fingerprint density at radius 3 is 2.41 bits per heavy atom. The van der Waals surface area contributed by atoms with Gasteiger partial charge >= 0.3 is 12.0 Å². The van der Waals surface area contributed by atoms with E-state index in [1.165, 1.54) is 0 Å². The zero-order valence-electron chi connectivity index (χ0n) is 13.1. The lowest BCUT2D eigenvalue weighted by Gasteiger charge is -2.05. The average molecular weight is 310 g/mol. The van der Waals surface area contributed by atoms with Gasteiger partial charge in [-0.1, -0.05) is 19.3 Å². The van der Waals surface area contributed by atoms with E-state index in [1.807, 2.05) is 0 Å². The molecule has 0 spiro atoms. The van der Waals surface area contributed by atoms with E-state index in [0.29, 0.717) is 38.7 Å². The molecule has 2 saturated heterocycles. The lowest BCUT2D eigenvalue weighted by atomic mass is 10.0. The van der Waals surface area contributed by atoms with E-state index >= 15 is 0 Å². The van der Waals surface area contributed by atoms with Crippen molar-refractivity contribution < 1.29 is 19.1 Å². The quantitative estimate of drug-likeness (QED) is 0.548. The van der Waals surface area contributed by atoms with Crippen molar-refractivity contribution in [2.75, 3.05) is 6.61 Å². The molecule has 6 nitrogen and oxygen atoms in total. The summed E-state index contributed by atoms with van der Waals surface area (Å²) in [4.78, 5) is 36.3. The summed E-state index contributed by atoms with van der Waals surface area (Å²) in [5, 5.41) is 0. The molecule has 2 heterocycles. The van der Waals surface area contributed by atoms with Crippen LogP contribution in [0.4, 0.5) is 4.79 Å². The zero-order chi connectivity index (χ0) is 15.9. The van der Waals surface area contributed by atoms with Gasteiger partial charge in [-0.25, -0.2) is 4.79 Å². The average Bonchev–Trinajstić information content (AvgIpc) is 3.15. The van der Waals surface area contributed by atoms with Crippen molar-refractivity contribution in [1.82, 2.24) is 4.90 Å². The molecular weight excluding hydrogens is 284 g/mol. The molecule has 0 saturated carbocycles. The van der Waals surface area contributed by atoms with Gasteiger partial charge < -0.3 is 15.4 Å². The number of Topliss-reactive ketones (excluding diaryl/α,β-unsaturated/α-hetero) is 1. The van der Waals surface area contributed by atoms with E-state index < -0.39 is 0 Å². The standard InChI is InChI=1S/C16H26N2O4/c17-16(21)18-13-8-4-2-1-3-6-12(19)7-5-9-15(20)22-11-10-14(13)18/h13-14H,1-11H2,(H2,17,21). The molecule has 0 bridgehead atoms. The number of urea groups is 1. The Bertz CT molecular complexity index is 424. The molecule has 0 aromatic carbocycles. The largest absolute Gasteiger partial charge is 0.466 e. The number of nitrogens with two attached hydrogens (primary N) is 1. The number of carbonyl (C=O) groups is 3. The Balaban J connectivity index is 1.83. The van der Waals surface area contributed by atoms with E-state index in [9.17, 15) is 14.4 Å². The van der Waals surface area contributed by atoms with Gasteiger partial charge in [0.25, 0.3) is 0 Å². The van der Waals surface area contributed by atoms with Crippen molar-refractivity contribution in [2.45, 2.75) is 76.3 Å². The first kappa shape index (κ1) is 16.8. The monoisotopic (exact) mass is 310 g/mol. The molecule has 124 valence electrons. The van der Waals surface area contributed by atoms with Crippen molar-refractivity contribution in [1.29, 1.82) is 0 Å². The van der Waals surface area contributed by atoms with Gasteiger partial charge in [-0.3, -0.25) is 9.59 Å². The number of ketones is 1. The third-order valence-corrected chi connectivity index (χ3v) is 4.54. The highest BCUT2D eigenvalue weighted by atomic mass is 16.5. The van der Waals surface area contributed by atoms with Crippen molar-refractivity contribution in [3.63, 3.8) is 0 Å². The molecule has 22 heavy (non-hydrogen) atoms. The third-order valence-electron chi connectivity index (χ3n) is 4.54. The fourth-order valence-electron chi connectivity index (χ4n) is 3.27. The summed E-state index contributed by atoms with van der Waals surface area (Å²) in [5.74, 6) is -0.0234. The topological polar surface area (TPSA) is 89.5 Å². The first-order valence-corrected chi connectivity index (χ1v) is 8.34. The van der Waals surface area contributed by atoms with Crippen LogP contribution in [0, 0.1) is 0 Å². The Kier molecular flexibility index (Phi) is 6.21. The van der Waals surface area contributed by atoms with Crippen molar-refractivity contribution in [3.8, 4) is 0 Å². The number of cyclic esters (lactones) is 1. The lowest BCUT2D eigenvalue weighted by Crippen LogP contribution is -2.22. The maximum Gasteiger partial charge on any atom is 0.315 e. The molecule has 0 aromatic heterocycles. The predicted molar refractivity (Wildman–Crippen MR) is 81.1 cm³/mol. The van der Waals surface area contributed by atoms with E-state index in [4.69, 9.17) is 10.5 Å². The van der Waals surface area contributed by atoms with E-state index in [-0.39, 0.29) is 29.9 Å². The van der Waals surface area contributed by atoms with Crippen LogP contribution in [0.5, 0.6) is 0 Å². The van der Waals surface area contributed by atoms with Crippen LogP contribution < -0.4 is 5.73 Å². The second kappa shape index (κ2) is 8.15. The first-order valence-electron chi connectivity index (χ1n) is 8.34. The molecule has 0 aliphatic carbocycles. The van der Waals surface area contributed by atoms with Gasteiger partial charge in [0.15, 0.2) is 0 Å². The molecule has 0 radical (unpaired) electrons. The summed E-state index contributed by atoms with van der Waals surface area (Å²) in [7, 11) is 0. The molecule has 2 aliphatic rings. The Hall–Kier alpha value is -1.59. The van der Waals surface area contributed by atoms with Gasteiger partial charge in [-0.05, 0) is 19.3 Å². The number of nitrogens with zero attached hydrogens (tertiary/aromatic N) is 1. The predicted octanol–water partition coefficient (Wildman–Crippen LogP) is 2.14. The van der Waals surface area contributed by atoms with Gasteiger partial charge in [0.2, 0.25) is 0 Å². The van der Waals surface area contributed by atoms with Gasteiger partial charge in [0.05, 0.1) is 18.7 Å². The zero-order valence-corrected chi connectivity index (χ0v) is 13.1. The number of hydrogen-bond donors (Lipinski definition) is 1. The minimum atomic E-state index is -0.384. The third kappa shape index (κ3) is 5.00. The van der Waals surface area contributed by atoms with Crippen LogP contribution in [0.2, 0.25) is 0 Å². The minimum absolute atomic E-state index is 0.125. The second-order valence-corrected chi connectivity index (χ2v) is 6.23. The Morgan fingerprint density at radius 2 is 1.64 bits per heavy atom. The fraction of sp³-hybridized carbons (Fsp3) is 0.812. The highest BCUT2D eigenvalue weighted by molar-refractivity contribution is 5.79. The van der Waals surface area contributed by atoms with Crippen LogP contribution in [-0.4, -0.2) is 41.4 Å². The van der Waals surface area contributed by atoms with E-state index in [2.05, 4.69) is 0 Å². The van der Waals surface area contributed by atoms with Crippen LogP contribution in [-0.2, 0) is 14.3 Å². The Labute approximate surface area is 131 Å². The molecule has 0 aromatic rings. The van der Waals surface area contributed by atoms with Crippen LogP contribution in [0.1, 0.15) is 64.2 Å². The molecule has 2 unspecified atom stereocenters. The number of hydrogen-bond acceptors (Lipinski definition) is 4. The summed E-state index contributed by atoms with van der Waals surface area (Å²) >= 11 is 0. The maximum atomic E-state index is 11.6. The van der Waals surface area contributed by atoms with Crippen molar-refractivity contribution in [3.05, 3.63) is 0 Å². The molecule has 2 N–H and O–H groups in total. The minimum Gasteiger partial charge on any atom is -0.466 e. The van der Waals surface area contributed by atoms with Gasteiger partial charge in [-0.15, -0.1) is 0 Å². The van der Waals surface area contributed by atoms with E-state index in [0.717, 1.165) is 32.1 Å². The SMILES string of the molecule is NC(=O)N1C2CCCCCCC(=O)CCCC(=O)OCCC21. The second-order valence-electron chi connectivity index (χ2n) is 6.23. The van der Waals surface area contributed by atoms with Crippen LogP contribution in [0.15, 0.2) is 0 Å². The molecule has 2 atom stereocenters. The summed E-state index contributed by atoms with van der Waals surface area (Å²) < 4.78 is 5.17. The first-order chi connectivity index (χ1) is 10.6. The normalized spacial score (nSPS) is 28.6. The summed E-state index contributed by atoms with van der Waals surface area (Å²) in [6.45, 7) is 0.317. The summed E-state index contributed by atoms with van der Waals surface area (Å²) in [6.07, 6.45) is 7.60. The molecule has 2 aliphatic heterocycles. The molecular formula is C16H26N2O4. The number of carbonyl (C=O) groups excluding carboxylic acids is 3. The van der Waals surface area contributed by atoms with Crippen molar-refractivity contribution in [2.24, 2.45) is 5.73 Å². The van der Waals surface area contributed by atoms with Gasteiger partial charge in [-0.2, -0.15) is 0 Å². The maximum absolute atomic E-state index is 11.6. The molecule has 6 heteroatoms.